The molecular formula is C26H34ClN8O6+. The smallest absolute Gasteiger partial charge is 0.277 e. The summed E-state index contributed by atoms with van der Waals surface area (Å²) in [4.78, 5) is 35.1. The molecular weight excluding hydrogens is 556 g/mol. The van der Waals surface area contributed by atoms with E-state index in [0.717, 1.165) is 29.7 Å². The highest BCUT2D eigenvalue weighted by molar-refractivity contribution is 6.31. The molecule has 2 aliphatic heterocycles. The Kier molecular flexibility index (Phi) is 8.45. The SMILES string of the molecule is CC[n+]1c(CNC(=O)c2nc(Cl)c(N)nc2N)n(C[C@@H]2CCCO2)c2cccc(OCC(=O)N3C[C@H](O)[C@@H](O)C3)c21. The third-order valence-electron chi connectivity index (χ3n) is 7.38. The summed E-state index contributed by atoms with van der Waals surface area (Å²) in [5.74, 6) is 0.151. The fourth-order valence-corrected chi connectivity index (χ4v) is 5.44. The number of benzene rings is 1. The van der Waals surface area contributed by atoms with Gasteiger partial charge in [-0.05, 0) is 31.9 Å². The molecule has 41 heavy (non-hydrogen) atoms. The second-order valence-electron chi connectivity index (χ2n) is 10.1. The molecule has 2 aliphatic rings. The number of nitrogen functional groups attached to an aromatic ring is 2. The van der Waals surface area contributed by atoms with Crippen molar-refractivity contribution in [3.8, 4) is 5.75 Å². The molecule has 14 nitrogen and oxygen atoms in total. The lowest BCUT2D eigenvalue weighted by Crippen LogP contribution is -2.41. The molecule has 220 valence electrons. The highest BCUT2D eigenvalue weighted by atomic mass is 35.5. The minimum absolute atomic E-state index is 0.00180. The number of imidazole rings is 1. The highest BCUT2D eigenvalue weighted by Gasteiger charge is 2.34. The average Bonchev–Trinajstić information content (AvgIpc) is 3.66. The predicted molar refractivity (Wildman–Crippen MR) is 148 cm³/mol. The number of aromatic nitrogens is 4. The summed E-state index contributed by atoms with van der Waals surface area (Å²) in [5, 5.41) is 22.4. The van der Waals surface area contributed by atoms with Crippen LogP contribution in [0.2, 0.25) is 5.15 Å². The Labute approximate surface area is 240 Å². The fourth-order valence-electron chi connectivity index (χ4n) is 5.31. The van der Waals surface area contributed by atoms with Crippen molar-refractivity contribution in [2.45, 2.75) is 57.7 Å². The van der Waals surface area contributed by atoms with Crippen LogP contribution in [0, 0.1) is 0 Å². The molecule has 2 amide bonds. The first-order valence-electron chi connectivity index (χ1n) is 13.5. The number of aliphatic hydroxyl groups excluding tert-OH is 2. The number of ether oxygens (including phenoxy) is 2. The number of β-amino-alcohol motifs (C(OH)–C–C–N with tert-alkyl or cyclic N) is 2. The number of halogens is 1. The first-order chi connectivity index (χ1) is 19.7. The second-order valence-corrected chi connectivity index (χ2v) is 10.4. The molecule has 15 heteroatoms. The van der Waals surface area contributed by atoms with Crippen LogP contribution >= 0.6 is 11.6 Å². The van der Waals surface area contributed by atoms with Crippen molar-refractivity contribution in [3.63, 3.8) is 0 Å². The minimum atomic E-state index is -0.972. The summed E-state index contributed by atoms with van der Waals surface area (Å²) in [6.07, 6.45) is -0.0661. The summed E-state index contributed by atoms with van der Waals surface area (Å²) in [6.45, 7) is 3.71. The lowest BCUT2D eigenvalue weighted by atomic mass is 10.2. The number of hydrogen-bond acceptors (Lipinski definition) is 10. The second kappa shape index (κ2) is 12.0. The summed E-state index contributed by atoms with van der Waals surface area (Å²) in [5.41, 5.74) is 13.0. The summed E-state index contributed by atoms with van der Waals surface area (Å²) in [7, 11) is 0. The number of rotatable bonds is 9. The number of para-hydroxylation sites is 1. The molecule has 0 radical (unpaired) electrons. The van der Waals surface area contributed by atoms with Crippen LogP contribution in [0.15, 0.2) is 18.2 Å². The van der Waals surface area contributed by atoms with E-state index in [0.29, 0.717) is 25.4 Å². The van der Waals surface area contributed by atoms with Gasteiger partial charge in [0.05, 0.1) is 24.9 Å². The molecule has 1 aromatic carbocycles. The van der Waals surface area contributed by atoms with Gasteiger partial charge in [0.1, 0.15) is 13.1 Å². The zero-order valence-electron chi connectivity index (χ0n) is 22.6. The fraction of sp³-hybridized carbons (Fsp3) is 0.500. The van der Waals surface area contributed by atoms with E-state index in [9.17, 15) is 19.8 Å². The van der Waals surface area contributed by atoms with E-state index < -0.39 is 18.1 Å². The van der Waals surface area contributed by atoms with Gasteiger partial charge < -0.3 is 41.4 Å². The summed E-state index contributed by atoms with van der Waals surface area (Å²) >= 11 is 5.97. The van der Waals surface area contributed by atoms with E-state index in [-0.39, 0.29) is 60.7 Å². The van der Waals surface area contributed by atoms with Gasteiger partial charge in [-0.2, -0.15) is 0 Å². The number of aryl methyl sites for hydroxylation is 1. The molecule has 0 bridgehead atoms. The number of carbonyl (C=O) groups excluding carboxylic acids is 2. The number of nitrogens with zero attached hydrogens (tertiary/aromatic N) is 5. The van der Waals surface area contributed by atoms with Gasteiger partial charge in [0.25, 0.3) is 17.6 Å². The van der Waals surface area contributed by atoms with Crippen LogP contribution in [-0.2, 0) is 29.2 Å². The van der Waals surface area contributed by atoms with E-state index in [4.69, 9.17) is 32.5 Å². The number of likely N-dealkylation sites (tertiary alicyclic amines) is 1. The maximum Gasteiger partial charge on any atom is 0.277 e. The van der Waals surface area contributed by atoms with Crippen LogP contribution in [0.3, 0.4) is 0 Å². The van der Waals surface area contributed by atoms with Crippen molar-refractivity contribution in [1.29, 1.82) is 0 Å². The third-order valence-corrected chi connectivity index (χ3v) is 7.66. The Hall–Kier alpha value is -3.72. The minimum Gasteiger partial charge on any atom is -0.479 e. The van der Waals surface area contributed by atoms with E-state index in [1.165, 1.54) is 4.90 Å². The molecule has 5 rings (SSSR count). The zero-order valence-corrected chi connectivity index (χ0v) is 23.4. The third kappa shape index (κ3) is 5.86. The topological polar surface area (TPSA) is 195 Å². The molecule has 7 N–H and O–H groups in total. The number of fused-ring (bicyclic) bond motifs is 1. The van der Waals surface area contributed by atoms with Crippen molar-refractivity contribution in [3.05, 3.63) is 34.9 Å². The molecule has 0 saturated carbocycles. The Morgan fingerprint density at radius 2 is 1.98 bits per heavy atom. The normalized spacial score (nSPS) is 20.6. The van der Waals surface area contributed by atoms with Crippen LogP contribution in [0.5, 0.6) is 5.75 Å². The maximum atomic E-state index is 13.1. The Morgan fingerprint density at radius 3 is 2.66 bits per heavy atom. The van der Waals surface area contributed by atoms with Crippen molar-refractivity contribution in [2.24, 2.45) is 0 Å². The molecule has 2 fully saturated rings. The molecule has 2 aromatic heterocycles. The molecule has 0 aliphatic carbocycles. The van der Waals surface area contributed by atoms with Crippen LogP contribution in [-0.4, -0.2) is 86.1 Å². The van der Waals surface area contributed by atoms with E-state index >= 15 is 0 Å². The zero-order chi connectivity index (χ0) is 29.3. The Balaban J connectivity index is 1.45. The van der Waals surface area contributed by atoms with Crippen molar-refractivity contribution in [2.75, 3.05) is 37.8 Å². The van der Waals surface area contributed by atoms with Gasteiger partial charge in [-0.3, -0.25) is 9.59 Å². The Morgan fingerprint density at radius 1 is 1.22 bits per heavy atom. The summed E-state index contributed by atoms with van der Waals surface area (Å²) in [6, 6.07) is 5.57. The molecule has 3 atom stereocenters. The number of hydrogen-bond donors (Lipinski definition) is 5. The molecule has 4 heterocycles. The van der Waals surface area contributed by atoms with Gasteiger partial charge in [-0.25, -0.2) is 19.1 Å². The van der Waals surface area contributed by atoms with Crippen molar-refractivity contribution >= 4 is 46.1 Å². The van der Waals surface area contributed by atoms with Gasteiger partial charge in [0, 0.05) is 19.7 Å². The molecule has 0 unspecified atom stereocenters. The van der Waals surface area contributed by atoms with Gasteiger partial charge in [-0.1, -0.05) is 17.7 Å². The average molecular weight is 590 g/mol. The van der Waals surface area contributed by atoms with Gasteiger partial charge >= 0.3 is 0 Å². The van der Waals surface area contributed by atoms with Crippen LogP contribution in [0.1, 0.15) is 36.1 Å². The lowest BCUT2D eigenvalue weighted by molar-refractivity contribution is -0.676. The molecule has 0 spiro atoms. The van der Waals surface area contributed by atoms with Crippen LogP contribution in [0.25, 0.3) is 11.0 Å². The largest absolute Gasteiger partial charge is 0.479 e. The summed E-state index contributed by atoms with van der Waals surface area (Å²) < 4.78 is 16.0. The van der Waals surface area contributed by atoms with E-state index in [1.807, 2.05) is 23.6 Å². The lowest BCUT2D eigenvalue weighted by Gasteiger charge is -2.15. The van der Waals surface area contributed by atoms with Gasteiger partial charge in [-0.15, -0.1) is 0 Å². The number of amides is 2. The Bertz CT molecular complexity index is 1450. The van der Waals surface area contributed by atoms with Crippen molar-refractivity contribution in [1.82, 2.24) is 24.8 Å². The standard InChI is InChI=1S/C26H33ClN8O6/c1-2-34-19(9-30-26(39)21-24(28)32-25(29)23(27)31-21)35(10-14-5-4-8-40-14)15-6-3-7-18(22(15)34)41-13-20(38)33-11-16(36)17(37)12-33/h3,6-7,14,16-17,36-37H,2,4-5,8-13H2,1H3,(H4-,28,29,30,32,39)/p+1/t14-,16-,17-/m0/s1. The predicted octanol–water partition coefficient (Wildman–Crippen LogP) is -0.392. The number of aliphatic hydroxyl groups is 2. The van der Waals surface area contributed by atoms with Crippen LogP contribution < -0.4 is 26.1 Å². The number of carbonyl (C=O) groups is 2. The van der Waals surface area contributed by atoms with Crippen molar-refractivity contribution < 1.29 is 33.8 Å². The first kappa shape index (κ1) is 28.8. The first-order valence-corrected chi connectivity index (χ1v) is 13.8. The highest BCUT2D eigenvalue weighted by Crippen LogP contribution is 2.27. The number of nitrogens with one attached hydrogen (secondary N) is 1. The van der Waals surface area contributed by atoms with Gasteiger partial charge in [0.15, 0.2) is 40.4 Å². The van der Waals surface area contributed by atoms with Crippen LogP contribution in [0.4, 0.5) is 11.6 Å². The monoisotopic (exact) mass is 589 g/mol. The quantitative estimate of drug-likeness (QED) is 0.205. The van der Waals surface area contributed by atoms with E-state index in [2.05, 4.69) is 19.9 Å². The number of anilines is 2. The van der Waals surface area contributed by atoms with Gasteiger partial charge in [0.2, 0.25) is 5.52 Å². The van der Waals surface area contributed by atoms with E-state index in [1.54, 1.807) is 6.07 Å². The molecule has 3 aromatic rings. The maximum absolute atomic E-state index is 13.1. The number of nitrogens with two attached hydrogens (primary N) is 2. The molecule has 2 saturated heterocycles.